The van der Waals surface area contributed by atoms with E-state index >= 15 is 0 Å². The molecule has 1 amide bonds. The number of carbonyl (C=O) groups excluding carboxylic acids is 1. The number of carbonyl (C=O) groups is 1. The summed E-state index contributed by atoms with van der Waals surface area (Å²) in [6.45, 7) is 1.20. The number of amides is 1. The largest absolute Gasteiger partial charge is 0.486 e. The molecule has 1 N–H and O–H groups in total. The highest BCUT2D eigenvalue weighted by atomic mass is 35.5. The fraction of sp³-hybridized carbons (Fsp3) is 0.304. The molecule has 3 aromatic rings. The van der Waals surface area contributed by atoms with E-state index in [9.17, 15) is 9.90 Å². The number of hydrogen-bond donors (Lipinski definition) is 1. The molecule has 0 radical (unpaired) electrons. The maximum absolute atomic E-state index is 12.9. The molecule has 156 valence electrons. The van der Waals surface area contributed by atoms with E-state index < -0.39 is 0 Å². The molecule has 1 heterocycles. The first kappa shape index (κ1) is 20.8. The molecule has 30 heavy (non-hydrogen) atoms. The van der Waals surface area contributed by atoms with E-state index in [1.54, 1.807) is 6.07 Å². The van der Waals surface area contributed by atoms with Crippen molar-refractivity contribution >= 4 is 28.8 Å². The molecule has 5 nitrogen and oxygen atoms in total. The fourth-order valence-electron chi connectivity index (χ4n) is 3.25. The van der Waals surface area contributed by atoms with Crippen LogP contribution < -0.4 is 4.74 Å². The van der Waals surface area contributed by atoms with Gasteiger partial charge in [-0.2, -0.15) is 0 Å². The lowest BCUT2D eigenvalue weighted by molar-refractivity contribution is -0.133. The van der Waals surface area contributed by atoms with Crippen LogP contribution in [0.2, 0.25) is 5.02 Å². The Labute approximate surface area is 184 Å². The van der Waals surface area contributed by atoms with E-state index in [2.05, 4.69) is 4.98 Å². The first-order valence-corrected chi connectivity index (χ1v) is 11.2. The summed E-state index contributed by atoms with van der Waals surface area (Å²) in [6, 6.07) is 15.5. The molecular formula is C23H23ClN2O3S. The van der Waals surface area contributed by atoms with Crippen LogP contribution in [0.4, 0.5) is 0 Å². The number of hydrogen-bond acceptors (Lipinski definition) is 5. The van der Waals surface area contributed by atoms with Crippen molar-refractivity contribution in [1.82, 2.24) is 9.88 Å². The Kier molecular flexibility index (Phi) is 6.67. The van der Waals surface area contributed by atoms with Crippen LogP contribution in [0.1, 0.15) is 34.7 Å². The van der Waals surface area contributed by atoms with Gasteiger partial charge in [-0.1, -0.05) is 41.9 Å². The Hall–Kier alpha value is -2.41. The fourth-order valence-corrected chi connectivity index (χ4v) is 4.14. The molecule has 1 aromatic heterocycles. The highest BCUT2D eigenvalue weighted by Crippen LogP contribution is 2.33. The molecule has 0 atom stereocenters. The Balaban J connectivity index is 1.52. The summed E-state index contributed by atoms with van der Waals surface area (Å²) in [4.78, 5) is 19.2. The average molecular weight is 443 g/mol. The maximum atomic E-state index is 12.9. The van der Waals surface area contributed by atoms with Gasteiger partial charge in [0, 0.05) is 35.0 Å². The summed E-state index contributed by atoms with van der Waals surface area (Å²) in [7, 11) is 0. The van der Waals surface area contributed by atoms with Gasteiger partial charge in [0.1, 0.15) is 17.4 Å². The molecule has 0 aliphatic heterocycles. The second kappa shape index (κ2) is 9.60. The van der Waals surface area contributed by atoms with Gasteiger partial charge in [-0.05, 0) is 36.6 Å². The van der Waals surface area contributed by atoms with Crippen LogP contribution in [-0.2, 0) is 31.1 Å². The zero-order valence-corrected chi connectivity index (χ0v) is 18.0. The second-order valence-corrected chi connectivity index (χ2v) is 8.76. The lowest BCUT2D eigenvalue weighted by Gasteiger charge is -2.24. The summed E-state index contributed by atoms with van der Waals surface area (Å²) >= 11 is 7.71. The Morgan fingerprint density at radius 3 is 2.70 bits per heavy atom. The SMILES string of the molecule is O=C(C1CC1)N(Cc1ccccc1)Cc1cc(Cl)ccc1OCc1nc(CO)cs1. The van der Waals surface area contributed by atoms with Crippen molar-refractivity contribution in [2.45, 2.75) is 39.1 Å². The molecule has 7 heteroatoms. The number of rotatable bonds is 9. The average Bonchev–Trinajstić information content (AvgIpc) is 3.51. The Morgan fingerprint density at radius 2 is 2.00 bits per heavy atom. The number of aliphatic hydroxyl groups is 1. The molecule has 0 saturated heterocycles. The third-order valence-electron chi connectivity index (χ3n) is 4.95. The van der Waals surface area contributed by atoms with Crippen molar-refractivity contribution in [1.29, 1.82) is 0 Å². The van der Waals surface area contributed by atoms with Gasteiger partial charge in [-0.25, -0.2) is 4.98 Å². The standard InChI is InChI=1S/C23H23ClN2O3S/c24-19-8-9-21(29-14-22-25-20(13-27)15-30-22)18(10-19)12-26(23(28)17-6-7-17)11-16-4-2-1-3-5-16/h1-5,8-10,15,17,27H,6-7,11-14H2. The van der Waals surface area contributed by atoms with Gasteiger partial charge in [0.15, 0.2) is 0 Å². The van der Waals surface area contributed by atoms with Crippen LogP contribution in [0, 0.1) is 5.92 Å². The minimum Gasteiger partial charge on any atom is -0.486 e. The van der Waals surface area contributed by atoms with E-state index in [0.29, 0.717) is 36.2 Å². The van der Waals surface area contributed by atoms with E-state index in [1.165, 1.54) is 11.3 Å². The topological polar surface area (TPSA) is 62.7 Å². The normalized spacial score (nSPS) is 13.3. The van der Waals surface area contributed by atoms with Crippen molar-refractivity contribution in [3.63, 3.8) is 0 Å². The molecule has 4 rings (SSSR count). The number of halogens is 1. The van der Waals surface area contributed by atoms with Crippen LogP contribution in [0.5, 0.6) is 5.75 Å². The van der Waals surface area contributed by atoms with Gasteiger partial charge in [0.25, 0.3) is 0 Å². The quantitative estimate of drug-likeness (QED) is 0.516. The first-order valence-electron chi connectivity index (χ1n) is 9.90. The monoisotopic (exact) mass is 442 g/mol. The van der Waals surface area contributed by atoms with Crippen molar-refractivity contribution in [3.05, 3.63) is 80.8 Å². The molecule has 0 bridgehead atoms. The highest BCUT2D eigenvalue weighted by molar-refractivity contribution is 7.09. The van der Waals surface area contributed by atoms with Crippen LogP contribution in [0.15, 0.2) is 53.9 Å². The van der Waals surface area contributed by atoms with Gasteiger partial charge in [0.2, 0.25) is 5.91 Å². The summed E-state index contributed by atoms with van der Waals surface area (Å²) in [5.74, 6) is 0.989. The third kappa shape index (κ3) is 5.39. The van der Waals surface area contributed by atoms with E-state index in [4.69, 9.17) is 16.3 Å². The Bertz CT molecular complexity index is 1000. The lowest BCUT2D eigenvalue weighted by Crippen LogP contribution is -2.31. The number of nitrogens with zero attached hydrogens (tertiary/aromatic N) is 2. The number of ether oxygens (including phenoxy) is 1. The zero-order valence-electron chi connectivity index (χ0n) is 16.5. The van der Waals surface area contributed by atoms with Crippen molar-refractivity contribution in [2.75, 3.05) is 0 Å². The predicted octanol–water partition coefficient (Wildman–Crippen LogP) is 4.81. The van der Waals surface area contributed by atoms with Crippen LogP contribution in [0.3, 0.4) is 0 Å². The summed E-state index contributed by atoms with van der Waals surface area (Å²) < 4.78 is 6.01. The minimum atomic E-state index is -0.0829. The molecular weight excluding hydrogens is 420 g/mol. The van der Waals surface area contributed by atoms with Crippen LogP contribution in [-0.4, -0.2) is 20.9 Å². The van der Waals surface area contributed by atoms with Gasteiger partial charge in [-0.3, -0.25) is 4.79 Å². The van der Waals surface area contributed by atoms with Gasteiger partial charge in [0.05, 0.1) is 12.3 Å². The molecule has 0 spiro atoms. The summed E-state index contributed by atoms with van der Waals surface area (Å²) in [5, 5.41) is 12.4. The summed E-state index contributed by atoms with van der Waals surface area (Å²) in [6.07, 6.45) is 1.92. The van der Waals surface area contributed by atoms with Gasteiger partial charge >= 0.3 is 0 Å². The van der Waals surface area contributed by atoms with Crippen molar-refractivity contribution in [3.8, 4) is 5.75 Å². The predicted molar refractivity (Wildman–Crippen MR) is 117 cm³/mol. The molecule has 1 aliphatic rings. The van der Waals surface area contributed by atoms with E-state index in [1.807, 2.05) is 52.7 Å². The zero-order chi connectivity index (χ0) is 20.9. The van der Waals surface area contributed by atoms with Crippen molar-refractivity contribution in [2.24, 2.45) is 5.92 Å². The minimum absolute atomic E-state index is 0.0829. The third-order valence-corrected chi connectivity index (χ3v) is 6.06. The molecule has 1 fully saturated rings. The van der Waals surface area contributed by atoms with Gasteiger partial charge in [-0.15, -0.1) is 11.3 Å². The number of thiazole rings is 1. The molecule has 0 unspecified atom stereocenters. The van der Waals surface area contributed by atoms with E-state index in [-0.39, 0.29) is 18.4 Å². The molecule has 2 aromatic carbocycles. The number of aromatic nitrogens is 1. The lowest BCUT2D eigenvalue weighted by atomic mass is 10.1. The smallest absolute Gasteiger partial charge is 0.226 e. The molecule has 1 saturated carbocycles. The molecule has 1 aliphatic carbocycles. The maximum Gasteiger partial charge on any atom is 0.226 e. The number of aliphatic hydroxyl groups excluding tert-OH is 1. The first-order chi connectivity index (χ1) is 14.6. The van der Waals surface area contributed by atoms with Gasteiger partial charge < -0.3 is 14.7 Å². The van der Waals surface area contributed by atoms with Crippen LogP contribution in [0.25, 0.3) is 0 Å². The highest BCUT2D eigenvalue weighted by Gasteiger charge is 2.33. The second-order valence-electron chi connectivity index (χ2n) is 7.39. The number of benzene rings is 2. The summed E-state index contributed by atoms with van der Waals surface area (Å²) in [5.41, 5.74) is 2.60. The van der Waals surface area contributed by atoms with Crippen LogP contribution >= 0.6 is 22.9 Å². The Morgan fingerprint density at radius 1 is 1.20 bits per heavy atom. The van der Waals surface area contributed by atoms with E-state index in [0.717, 1.165) is 29.0 Å². The van der Waals surface area contributed by atoms with Crippen molar-refractivity contribution < 1.29 is 14.6 Å².